The van der Waals surface area contributed by atoms with Gasteiger partial charge in [0.2, 0.25) is 0 Å². The van der Waals surface area contributed by atoms with Crippen LogP contribution in [-0.2, 0) is 0 Å². The summed E-state index contributed by atoms with van der Waals surface area (Å²) in [5, 5.41) is 0. The van der Waals surface area contributed by atoms with E-state index >= 15 is 0 Å². The van der Waals surface area contributed by atoms with Crippen molar-refractivity contribution in [1.29, 1.82) is 0 Å². The van der Waals surface area contributed by atoms with E-state index in [1.54, 1.807) is 0 Å². The predicted molar refractivity (Wildman–Crippen MR) is 95.2 cm³/mol. The summed E-state index contributed by atoms with van der Waals surface area (Å²) in [6.45, 7) is 12.7. The third-order valence-corrected chi connectivity index (χ3v) is 4.53. The van der Waals surface area contributed by atoms with Crippen LogP contribution in [0.1, 0.15) is 56.6 Å². The molecule has 0 amide bonds. The van der Waals surface area contributed by atoms with Crippen LogP contribution in [0.2, 0.25) is 0 Å². The molecule has 0 aliphatic heterocycles. The van der Waals surface area contributed by atoms with Gasteiger partial charge in [-0.3, -0.25) is 0 Å². The Hall–Kier alpha value is -1.64. The number of rotatable bonds is 3. The minimum absolute atomic E-state index is 0.194. The average Bonchev–Trinajstić information content (AvgIpc) is 2.35. The van der Waals surface area contributed by atoms with Gasteiger partial charge in [0.1, 0.15) is 0 Å². The summed E-state index contributed by atoms with van der Waals surface area (Å²) in [5.74, 6) is 0. The molecule has 0 spiro atoms. The Bertz CT molecular complexity index is 593. The molecule has 2 aromatic carbocycles. The maximum Gasteiger partial charge on any atom is 0.0496 e. The highest BCUT2D eigenvalue weighted by Gasteiger charge is 2.23. The molecule has 0 aliphatic rings. The Labute approximate surface area is 134 Å². The second-order valence-corrected chi connectivity index (χ2v) is 6.68. The van der Waals surface area contributed by atoms with Crippen LogP contribution in [0.5, 0.6) is 0 Å². The Balaban J connectivity index is 2.49. The van der Waals surface area contributed by atoms with Gasteiger partial charge in [-0.25, -0.2) is 0 Å². The van der Waals surface area contributed by atoms with Crippen LogP contribution in [0.15, 0.2) is 24.3 Å². The topological polar surface area (TPSA) is 52.0 Å². The number of benzene rings is 2. The van der Waals surface area contributed by atoms with Gasteiger partial charge >= 0.3 is 0 Å². The Kier molecular flexibility index (Phi) is 4.74. The molecule has 2 nitrogen and oxygen atoms in total. The van der Waals surface area contributed by atoms with E-state index in [9.17, 15) is 0 Å². The smallest absolute Gasteiger partial charge is 0.0496 e. The molecule has 0 radical (unpaired) electrons. The highest BCUT2D eigenvalue weighted by atomic mass is 14.8. The summed E-state index contributed by atoms with van der Waals surface area (Å²) in [6.07, 6.45) is 0. The molecule has 0 saturated heterocycles. The first-order valence-corrected chi connectivity index (χ1v) is 7.89. The first-order valence-electron chi connectivity index (χ1n) is 7.89. The van der Waals surface area contributed by atoms with Gasteiger partial charge < -0.3 is 11.5 Å². The molecule has 2 heteroatoms. The highest BCUT2D eigenvalue weighted by molar-refractivity contribution is 5.45. The molecular weight excluding hydrogens is 268 g/mol. The normalized spacial score (nSPS) is 14.0. The van der Waals surface area contributed by atoms with Crippen LogP contribution in [0.3, 0.4) is 0 Å². The number of nitrogens with two attached hydrogens (primary N) is 2. The monoisotopic (exact) mass is 296 g/mol. The second-order valence-electron chi connectivity index (χ2n) is 6.68. The standard InChI is InChI=1S/C20H28N2/c1-11-7-13(3)17(14(4)8-11)19(21)20(22)18-15(5)9-12(2)10-16(18)6/h7-10,19-20H,21-22H2,1-6H3. The lowest BCUT2D eigenvalue weighted by Crippen LogP contribution is -2.29. The molecule has 0 fully saturated rings. The zero-order chi connectivity index (χ0) is 16.6. The minimum Gasteiger partial charge on any atom is -0.322 e. The predicted octanol–water partition coefficient (Wildman–Crippen LogP) is 4.24. The van der Waals surface area contributed by atoms with Crippen molar-refractivity contribution in [3.63, 3.8) is 0 Å². The van der Waals surface area contributed by atoms with E-state index in [0.29, 0.717) is 0 Å². The van der Waals surface area contributed by atoms with Crippen molar-refractivity contribution in [3.05, 3.63) is 68.8 Å². The van der Waals surface area contributed by atoms with Crippen molar-refractivity contribution in [2.75, 3.05) is 0 Å². The van der Waals surface area contributed by atoms with E-state index < -0.39 is 0 Å². The molecule has 0 bridgehead atoms. The lowest BCUT2D eigenvalue weighted by Gasteiger charge is -2.27. The van der Waals surface area contributed by atoms with Crippen molar-refractivity contribution in [2.45, 2.75) is 53.6 Å². The van der Waals surface area contributed by atoms with Crippen LogP contribution in [0, 0.1) is 41.5 Å². The molecule has 118 valence electrons. The lowest BCUT2D eigenvalue weighted by atomic mass is 9.85. The maximum absolute atomic E-state index is 6.57. The summed E-state index contributed by atoms with van der Waals surface area (Å²) in [7, 11) is 0. The lowest BCUT2D eigenvalue weighted by molar-refractivity contribution is 0.563. The van der Waals surface area contributed by atoms with E-state index in [4.69, 9.17) is 11.5 Å². The van der Waals surface area contributed by atoms with Gasteiger partial charge in [0.25, 0.3) is 0 Å². The van der Waals surface area contributed by atoms with Gasteiger partial charge in [0.15, 0.2) is 0 Å². The van der Waals surface area contributed by atoms with Gasteiger partial charge in [-0.1, -0.05) is 35.4 Å². The first-order chi connectivity index (χ1) is 10.2. The number of aryl methyl sites for hydroxylation is 6. The van der Waals surface area contributed by atoms with Gasteiger partial charge in [-0.15, -0.1) is 0 Å². The summed E-state index contributed by atoms with van der Waals surface area (Å²) in [5.41, 5.74) is 22.9. The van der Waals surface area contributed by atoms with Crippen molar-refractivity contribution in [1.82, 2.24) is 0 Å². The van der Waals surface area contributed by atoms with E-state index in [0.717, 1.165) is 0 Å². The molecule has 0 aromatic heterocycles. The fourth-order valence-corrected chi connectivity index (χ4v) is 3.79. The molecule has 0 saturated carbocycles. The van der Waals surface area contributed by atoms with E-state index in [1.165, 1.54) is 44.5 Å². The molecule has 2 unspecified atom stereocenters. The van der Waals surface area contributed by atoms with Crippen LogP contribution in [0.4, 0.5) is 0 Å². The van der Waals surface area contributed by atoms with E-state index in [-0.39, 0.29) is 12.1 Å². The molecule has 0 heterocycles. The fraction of sp³-hybridized carbons (Fsp3) is 0.400. The van der Waals surface area contributed by atoms with Crippen molar-refractivity contribution in [2.24, 2.45) is 11.5 Å². The molecule has 2 aromatic rings. The molecular formula is C20H28N2. The van der Waals surface area contributed by atoms with Crippen molar-refractivity contribution < 1.29 is 0 Å². The van der Waals surface area contributed by atoms with Crippen molar-refractivity contribution in [3.8, 4) is 0 Å². The number of hydrogen-bond donors (Lipinski definition) is 2. The van der Waals surface area contributed by atoms with E-state index in [1.807, 2.05) is 0 Å². The first kappa shape index (κ1) is 16.7. The zero-order valence-electron chi connectivity index (χ0n) is 14.6. The van der Waals surface area contributed by atoms with E-state index in [2.05, 4.69) is 65.8 Å². The second kappa shape index (κ2) is 6.23. The molecule has 0 aliphatic carbocycles. The largest absolute Gasteiger partial charge is 0.322 e. The summed E-state index contributed by atoms with van der Waals surface area (Å²) >= 11 is 0. The quantitative estimate of drug-likeness (QED) is 0.890. The van der Waals surface area contributed by atoms with Crippen LogP contribution < -0.4 is 11.5 Å². The maximum atomic E-state index is 6.57. The SMILES string of the molecule is Cc1cc(C)c(C(N)C(N)c2c(C)cc(C)cc2C)c(C)c1. The van der Waals surface area contributed by atoms with Gasteiger partial charge in [-0.05, 0) is 74.9 Å². The summed E-state index contributed by atoms with van der Waals surface area (Å²) < 4.78 is 0. The Morgan fingerprint density at radius 1 is 0.545 bits per heavy atom. The Morgan fingerprint density at radius 3 is 1.00 bits per heavy atom. The Morgan fingerprint density at radius 2 is 0.773 bits per heavy atom. The zero-order valence-corrected chi connectivity index (χ0v) is 14.6. The van der Waals surface area contributed by atoms with Crippen LogP contribution in [-0.4, -0.2) is 0 Å². The fourth-order valence-electron chi connectivity index (χ4n) is 3.79. The van der Waals surface area contributed by atoms with Crippen molar-refractivity contribution >= 4 is 0 Å². The van der Waals surface area contributed by atoms with Gasteiger partial charge in [-0.2, -0.15) is 0 Å². The molecule has 2 rings (SSSR count). The average molecular weight is 296 g/mol. The number of hydrogen-bond acceptors (Lipinski definition) is 2. The molecule has 4 N–H and O–H groups in total. The van der Waals surface area contributed by atoms with Gasteiger partial charge in [0.05, 0.1) is 0 Å². The van der Waals surface area contributed by atoms with Crippen LogP contribution >= 0.6 is 0 Å². The summed E-state index contributed by atoms with van der Waals surface area (Å²) in [4.78, 5) is 0. The van der Waals surface area contributed by atoms with Gasteiger partial charge in [0, 0.05) is 12.1 Å². The third kappa shape index (κ3) is 3.08. The molecule has 22 heavy (non-hydrogen) atoms. The van der Waals surface area contributed by atoms with Crippen LogP contribution in [0.25, 0.3) is 0 Å². The summed E-state index contributed by atoms with van der Waals surface area (Å²) in [6, 6.07) is 8.35. The molecule has 2 atom stereocenters. The highest BCUT2D eigenvalue weighted by Crippen LogP contribution is 2.33. The third-order valence-electron chi connectivity index (χ3n) is 4.53. The minimum atomic E-state index is -0.194.